The Morgan fingerprint density at radius 2 is 1.35 bits per heavy atom. The summed E-state index contributed by atoms with van der Waals surface area (Å²) in [6.07, 6.45) is 12.5. The molecule has 0 saturated heterocycles. The number of nitro groups is 2. The Morgan fingerprint density at radius 3 is 1.92 bits per heavy atom. The highest BCUT2D eigenvalue weighted by atomic mass is 32.2. The molecule has 0 aliphatic heterocycles. The van der Waals surface area contributed by atoms with Gasteiger partial charge in [-0.15, -0.1) is 10.2 Å². The predicted octanol–water partition coefficient (Wildman–Crippen LogP) is 7.97. The Balaban J connectivity index is 1.64. The van der Waals surface area contributed by atoms with Gasteiger partial charge in [-0.2, -0.15) is 0 Å². The summed E-state index contributed by atoms with van der Waals surface area (Å²) in [7, 11) is 0. The average Bonchev–Trinajstić information content (AvgIpc) is 3.31. The van der Waals surface area contributed by atoms with Gasteiger partial charge in [0.25, 0.3) is 11.4 Å². The Hall–Kier alpha value is -3.27. The molecule has 0 amide bonds. The van der Waals surface area contributed by atoms with Gasteiger partial charge in [0.2, 0.25) is 0 Å². The fraction of sp³-hybridized carbons (Fsp3) is 0.481. The second-order valence-electron chi connectivity index (χ2n) is 9.17. The van der Waals surface area contributed by atoms with Gasteiger partial charge in [-0.3, -0.25) is 20.2 Å². The van der Waals surface area contributed by atoms with Crippen molar-refractivity contribution in [1.82, 2.24) is 14.8 Å². The minimum Gasteiger partial charge on any atom is -0.302 e. The Labute approximate surface area is 222 Å². The van der Waals surface area contributed by atoms with Crippen LogP contribution < -0.4 is 0 Å². The summed E-state index contributed by atoms with van der Waals surface area (Å²) in [5, 5.41) is 32.0. The van der Waals surface area contributed by atoms with Crippen molar-refractivity contribution in [2.45, 2.75) is 88.6 Å². The molecule has 0 spiro atoms. The maximum atomic E-state index is 11.2. The van der Waals surface area contributed by atoms with Gasteiger partial charge in [-0.1, -0.05) is 107 Å². The molecule has 3 aromatic rings. The van der Waals surface area contributed by atoms with Crippen LogP contribution in [0.25, 0.3) is 11.4 Å². The summed E-state index contributed by atoms with van der Waals surface area (Å²) in [6, 6.07) is 13.6. The van der Waals surface area contributed by atoms with Gasteiger partial charge < -0.3 is 4.57 Å². The van der Waals surface area contributed by atoms with Gasteiger partial charge in [0.1, 0.15) is 0 Å². The van der Waals surface area contributed by atoms with Gasteiger partial charge in [0.05, 0.1) is 15.9 Å². The zero-order valence-corrected chi connectivity index (χ0v) is 22.2. The number of thioether (sulfide) groups is 1. The topological polar surface area (TPSA) is 117 Å². The van der Waals surface area contributed by atoms with E-state index in [2.05, 4.69) is 21.7 Å². The molecule has 0 N–H and O–H groups in total. The molecule has 0 bridgehead atoms. The summed E-state index contributed by atoms with van der Waals surface area (Å²) >= 11 is 1.38. The number of hydrogen-bond donors (Lipinski definition) is 0. The second kappa shape index (κ2) is 15.1. The van der Waals surface area contributed by atoms with Crippen LogP contribution >= 0.6 is 11.8 Å². The summed E-state index contributed by atoms with van der Waals surface area (Å²) in [6.45, 7) is 3.01. The molecule has 0 radical (unpaired) electrons. The number of non-ortho nitro benzene ring substituents is 2. The fourth-order valence-corrected chi connectivity index (χ4v) is 5.15. The number of benzene rings is 2. The lowest BCUT2D eigenvalue weighted by Crippen LogP contribution is -2.03. The summed E-state index contributed by atoms with van der Waals surface area (Å²) in [5.74, 6) is 1.09. The van der Waals surface area contributed by atoms with Crippen LogP contribution in [0.3, 0.4) is 0 Å². The van der Waals surface area contributed by atoms with Gasteiger partial charge >= 0.3 is 0 Å². The second-order valence-corrected chi connectivity index (χ2v) is 10.1. The van der Waals surface area contributed by atoms with Crippen LogP contribution in [0.15, 0.2) is 53.7 Å². The SMILES string of the molecule is CCCCCCCCCCCCn1c(SCc2cc([N+](=O)[O-])cc([N+](=O)[O-])c2)nnc1-c1ccccc1. The normalized spacial score (nSPS) is 11.1. The van der Waals surface area contributed by atoms with Gasteiger partial charge in [-0.05, 0) is 12.0 Å². The first-order valence-corrected chi connectivity index (χ1v) is 14.0. The lowest BCUT2D eigenvalue weighted by Gasteiger charge is -2.10. The van der Waals surface area contributed by atoms with E-state index in [9.17, 15) is 20.2 Å². The predicted molar refractivity (Wildman–Crippen MR) is 147 cm³/mol. The van der Waals surface area contributed by atoms with Crippen LogP contribution in [-0.2, 0) is 12.3 Å². The first-order chi connectivity index (χ1) is 18.0. The first-order valence-electron chi connectivity index (χ1n) is 13.0. The summed E-state index contributed by atoms with van der Waals surface area (Å²) in [4.78, 5) is 21.3. The highest BCUT2D eigenvalue weighted by Crippen LogP contribution is 2.30. The molecule has 0 aliphatic carbocycles. The molecule has 2 aromatic carbocycles. The zero-order valence-electron chi connectivity index (χ0n) is 21.4. The maximum absolute atomic E-state index is 11.2. The number of unbranched alkanes of at least 4 members (excludes halogenated alkanes) is 9. The van der Waals surface area contributed by atoms with E-state index in [1.165, 1.54) is 75.3 Å². The van der Waals surface area contributed by atoms with Crippen molar-refractivity contribution < 1.29 is 9.85 Å². The minimum absolute atomic E-state index is 0.290. The molecule has 0 atom stereocenters. The molecular weight excluding hydrogens is 490 g/mol. The lowest BCUT2D eigenvalue weighted by atomic mass is 10.1. The fourth-order valence-electron chi connectivity index (χ4n) is 4.25. The van der Waals surface area contributed by atoms with Crippen molar-refractivity contribution in [3.63, 3.8) is 0 Å². The van der Waals surface area contributed by atoms with E-state index in [0.29, 0.717) is 16.5 Å². The Morgan fingerprint density at radius 1 is 0.784 bits per heavy atom. The highest BCUT2D eigenvalue weighted by molar-refractivity contribution is 7.98. The summed E-state index contributed by atoms with van der Waals surface area (Å²) < 4.78 is 2.09. The number of nitro benzene ring substituents is 2. The quantitative estimate of drug-likeness (QED) is 0.0758. The molecule has 0 fully saturated rings. The molecule has 10 heteroatoms. The number of rotatable bonds is 17. The van der Waals surface area contributed by atoms with Crippen molar-refractivity contribution >= 4 is 23.1 Å². The third-order valence-corrected chi connectivity index (χ3v) is 7.27. The standard InChI is InChI=1S/C27H35N5O4S/c1-2-3-4-5-6-7-8-9-10-14-17-30-26(23-15-12-11-13-16-23)28-29-27(30)37-21-22-18-24(31(33)34)20-25(19-22)32(35)36/h11-13,15-16,18-20H,2-10,14,17,21H2,1H3. The average molecular weight is 526 g/mol. The molecule has 0 saturated carbocycles. The molecule has 0 unspecified atom stereocenters. The first kappa shape index (κ1) is 28.3. The van der Waals surface area contributed by atoms with Crippen LogP contribution in [-0.4, -0.2) is 24.6 Å². The van der Waals surface area contributed by atoms with Gasteiger partial charge in [0.15, 0.2) is 11.0 Å². The smallest absolute Gasteiger partial charge is 0.276 e. The van der Waals surface area contributed by atoms with Crippen molar-refractivity contribution in [2.24, 2.45) is 0 Å². The number of hydrogen-bond acceptors (Lipinski definition) is 7. The van der Waals surface area contributed by atoms with E-state index >= 15 is 0 Å². The van der Waals surface area contributed by atoms with Crippen LogP contribution in [0, 0.1) is 20.2 Å². The number of nitrogens with zero attached hydrogens (tertiary/aromatic N) is 5. The van der Waals surface area contributed by atoms with E-state index < -0.39 is 9.85 Å². The van der Waals surface area contributed by atoms with Crippen LogP contribution in [0.5, 0.6) is 0 Å². The van der Waals surface area contributed by atoms with E-state index in [0.717, 1.165) is 36.8 Å². The summed E-state index contributed by atoms with van der Waals surface area (Å²) in [5.41, 5.74) is 0.892. The van der Waals surface area contributed by atoms with Crippen LogP contribution in [0.4, 0.5) is 11.4 Å². The molecule has 3 rings (SSSR count). The molecule has 198 valence electrons. The highest BCUT2D eigenvalue weighted by Gasteiger charge is 2.18. The maximum Gasteiger partial charge on any atom is 0.276 e. The zero-order chi connectivity index (χ0) is 26.5. The Kier molecular flexibility index (Phi) is 11.5. The van der Waals surface area contributed by atoms with E-state index in [1.54, 1.807) is 0 Å². The molecular formula is C27H35N5O4S. The third kappa shape index (κ3) is 8.96. The lowest BCUT2D eigenvalue weighted by molar-refractivity contribution is -0.394. The molecule has 9 nitrogen and oxygen atoms in total. The minimum atomic E-state index is -0.609. The molecule has 0 aliphatic rings. The van der Waals surface area contributed by atoms with Gasteiger partial charge in [-0.25, -0.2) is 0 Å². The molecule has 1 heterocycles. The largest absolute Gasteiger partial charge is 0.302 e. The van der Waals surface area contributed by atoms with Crippen LogP contribution in [0.1, 0.15) is 76.7 Å². The van der Waals surface area contributed by atoms with E-state index in [4.69, 9.17) is 0 Å². The number of aromatic nitrogens is 3. The molecule has 37 heavy (non-hydrogen) atoms. The van der Waals surface area contributed by atoms with Crippen molar-refractivity contribution in [3.05, 3.63) is 74.3 Å². The van der Waals surface area contributed by atoms with Crippen molar-refractivity contribution in [1.29, 1.82) is 0 Å². The molecule has 1 aromatic heterocycles. The monoisotopic (exact) mass is 525 g/mol. The van der Waals surface area contributed by atoms with Crippen molar-refractivity contribution in [3.8, 4) is 11.4 Å². The van der Waals surface area contributed by atoms with Crippen molar-refractivity contribution in [2.75, 3.05) is 0 Å². The van der Waals surface area contributed by atoms with Crippen LogP contribution in [0.2, 0.25) is 0 Å². The van der Waals surface area contributed by atoms with Gasteiger partial charge in [0, 0.05) is 30.0 Å². The Bertz CT molecular complexity index is 1120. The van der Waals surface area contributed by atoms with E-state index in [-0.39, 0.29) is 11.4 Å². The third-order valence-electron chi connectivity index (χ3n) is 6.24. The van der Waals surface area contributed by atoms with E-state index in [1.807, 2.05) is 30.3 Å².